The fourth-order valence-electron chi connectivity index (χ4n) is 1.79. The molecule has 0 amide bonds. The van der Waals surface area contributed by atoms with E-state index in [4.69, 9.17) is 15.2 Å². The van der Waals surface area contributed by atoms with Gasteiger partial charge in [0.2, 0.25) is 5.88 Å². The van der Waals surface area contributed by atoms with E-state index in [9.17, 15) is 0 Å². The zero-order chi connectivity index (χ0) is 10.7. The molecule has 2 N–H and O–H groups in total. The molecule has 0 aliphatic carbocycles. The minimum atomic E-state index is -0.460. The molecule has 2 heterocycles. The van der Waals surface area contributed by atoms with Crippen LogP contribution in [-0.2, 0) is 10.3 Å². The lowest BCUT2D eigenvalue weighted by Gasteiger charge is -2.32. The van der Waals surface area contributed by atoms with Gasteiger partial charge in [0.05, 0.1) is 12.6 Å². The molecule has 2 rings (SSSR count). The lowest BCUT2D eigenvalue weighted by atomic mass is 9.88. The third-order valence-corrected chi connectivity index (χ3v) is 2.71. The van der Waals surface area contributed by atoms with E-state index in [0.29, 0.717) is 19.1 Å². The van der Waals surface area contributed by atoms with Crippen LogP contribution in [0.3, 0.4) is 0 Å². The van der Waals surface area contributed by atoms with Crippen molar-refractivity contribution in [3.8, 4) is 5.88 Å². The highest BCUT2D eigenvalue weighted by molar-refractivity contribution is 5.26. The van der Waals surface area contributed by atoms with Crippen molar-refractivity contribution in [2.24, 2.45) is 5.73 Å². The smallest absolute Gasteiger partial charge is 0.237 e. The number of methoxy groups -OCH3 is 1. The summed E-state index contributed by atoms with van der Waals surface area (Å²) in [6.07, 6.45) is 4.75. The highest BCUT2D eigenvalue weighted by Gasteiger charge is 2.34. The standard InChI is InChI=1S/C10H15N3O2/c1-14-9-8(12-4-5-13-9)10(11)2-6-15-7-3-10/h4-5H,2-3,6-7,11H2,1H3. The van der Waals surface area contributed by atoms with Crippen LogP contribution in [0.4, 0.5) is 0 Å². The summed E-state index contributed by atoms with van der Waals surface area (Å²) in [5, 5.41) is 0. The minimum Gasteiger partial charge on any atom is -0.480 e. The van der Waals surface area contributed by atoms with Crippen molar-refractivity contribution < 1.29 is 9.47 Å². The monoisotopic (exact) mass is 209 g/mol. The summed E-state index contributed by atoms with van der Waals surface area (Å²) in [6.45, 7) is 1.33. The molecular formula is C10H15N3O2. The lowest BCUT2D eigenvalue weighted by molar-refractivity contribution is 0.0496. The molecule has 5 heteroatoms. The SMILES string of the molecule is COc1nccnc1C1(N)CCOCC1. The van der Waals surface area contributed by atoms with E-state index in [1.54, 1.807) is 19.5 Å². The Morgan fingerprint density at radius 2 is 2.00 bits per heavy atom. The first-order valence-electron chi connectivity index (χ1n) is 4.98. The van der Waals surface area contributed by atoms with Gasteiger partial charge in [-0.1, -0.05) is 0 Å². The topological polar surface area (TPSA) is 70.3 Å². The zero-order valence-electron chi connectivity index (χ0n) is 8.77. The Morgan fingerprint density at radius 3 is 2.67 bits per heavy atom. The third-order valence-electron chi connectivity index (χ3n) is 2.71. The first kappa shape index (κ1) is 10.3. The number of aromatic nitrogens is 2. The Balaban J connectivity index is 2.34. The molecule has 0 unspecified atom stereocenters. The second-order valence-electron chi connectivity index (χ2n) is 3.68. The Bertz CT molecular complexity index is 337. The summed E-state index contributed by atoms with van der Waals surface area (Å²) in [4.78, 5) is 8.39. The van der Waals surface area contributed by atoms with Crippen LogP contribution in [0.25, 0.3) is 0 Å². The van der Waals surface area contributed by atoms with Crippen LogP contribution in [0.1, 0.15) is 18.5 Å². The van der Waals surface area contributed by atoms with Gasteiger partial charge in [-0.3, -0.25) is 4.98 Å². The molecule has 0 aromatic carbocycles. The Kier molecular flexibility index (Phi) is 2.83. The average Bonchev–Trinajstić information content (AvgIpc) is 2.30. The van der Waals surface area contributed by atoms with Crippen molar-refractivity contribution in [3.63, 3.8) is 0 Å². The maximum atomic E-state index is 6.29. The zero-order valence-corrected chi connectivity index (χ0v) is 8.77. The Hall–Kier alpha value is -1.20. The van der Waals surface area contributed by atoms with Gasteiger partial charge in [-0.2, -0.15) is 0 Å². The third kappa shape index (κ3) is 1.93. The molecule has 1 saturated heterocycles. The van der Waals surface area contributed by atoms with Crippen molar-refractivity contribution in [1.82, 2.24) is 9.97 Å². The van der Waals surface area contributed by atoms with Gasteiger partial charge < -0.3 is 15.2 Å². The van der Waals surface area contributed by atoms with Gasteiger partial charge >= 0.3 is 0 Å². The van der Waals surface area contributed by atoms with E-state index >= 15 is 0 Å². The molecule has 1 aliphatic heterocycles. The molecule has 5 nitrogen and oxygen atoms in total. The summed E-state index contributed by atoms with van der Waals surface area (Å²) >= 11 is 0. The van der Waals surface area contributed by atoms with Gasteiger partial charge in [0.25, 0.3) is 0 Å². The van der Waals surface area contributed by atoms with E-state index in [0.717, 1.165) is 18.5 Å². The Morgan fingerprint density at radius 1 is 1.33 bits per heavy atom. The predicted octanol–water partition coefficient (Wildman–Crippen LogP) is 0.450. The molecule has 1 aromatic rings. The molecule has 82 valence electrons. The average molecular weight is 209 g/mol. The van der Waals surface area contributed by atoms with Crippen LogP contribution in [0.5, 0.6) is 5.88 Å². The lowest BCUT2D eigenvalue weighted by Crippen LogP contribution is -2.43. The molecule has 0 saturated carbocycles. The largest absolute Gasteiger partial charge is 0.480 e. The normalized spacial score (nSPS) is 19.9. The summed E-state index contributed by atoms with van der Waals surface area (Å²) < 4.78 is 10.5. The van der Waals surface area contributed by atoms with Gasteiger partial charge in [0, 0.05) is 25.6 Å². The van der Waals surface area contributed by atoms with Gasteiger partial charge in [0.1, 0.15) is 5.69 Å². The summed E-state index contributed by atoms with van der Waals surface area (Å²) in [7, 11) is 1.58. The molecule has 0 radical (unpaired) electrons. The van der Waals surface area contributed by atoms with Crippen LogP contribution in [0.2, 0.25) is 0 Å². The number of ether oxygens (including phenoxy) is 2. The van der Waals surface area contributed by atoms with Crippen LogP contribution in [-0.4, -0.2) is 30.3 Å². The first-order chi connectivity index (χ1) is 7.26. The van der Waals surface area contributed by atoms with Crippen LogP contribution in [0, 0.1) is 0 Å². The van der Waals surface area contributed by atoms with E-state index in [1.165, 1.54) is 0 Å². The van der Waals surface area contributed by atoms with Crippen molar-refractivity contribution in [3.05, 3.63) is 18.1 Å². The van der Waals surface area contributed by atoms with E-state index in [2.05, 4.69) is 9.97 Å². The maximum Gasteiger partial charge on any atom is 0.237 e. The number of nitrogens with zero attached hydrogens (tertiary/aromatic N) is 2. The molecule has 1 aromatic heterocycles. The van der Waals surface area contributed by atoms with Gasteiger partial charge in [0.15, 0.2) is 0 Å². The highest BCUT2D eigenvalue weighted by Crippen LogP contribution is 2.32. The summed E-state index contributed by atoms with van der Waals surface area (Å²) in [5.74, 6) is 0.516. The van der Waals surface area contributed by atoms with E-state index in [1.807, 2.05) is 0 Å². The molecule has 15 heavy (non-hydrogen) atoms. The van der Waals surface area contributed by atoms with Crippen LogP contribution >= 0.6 is 0 Å². The van der Waals surface area contributed by atoms with Gasteiger partial charge in [-0.15, -0.1) is 0 Å². The number of rotatable bonds is 2. The van der Waals surface area contributed by atoms with Crippen LogP contribution < -0.4 is 10.5 Å². The molecule has 1 fully saturated rings. The Labute approximate surface area is 88.6 Å². The molecule has 0 bridgehead atoms. The second kappa shape index (κ2) is 4.12. The van der Waals surface area contributed by atoms with Crippen LogP contribution in [0.15, 0.2) is 12.4 Å². The fourth-order valence-corrected chi connectivity index (χ4v) is 1.79. The van der Waals surface area contributed by atoms with Crippen molar-refractivity contribution in [2.75, 3.05) is 20.3 Å². The fraction of sp³-hybridized carbons (Fsp3) is 0.600. The van der Waals surface area contributed by atoms with E-state index in [-0.39, 0.29) is 0 Å². The molecule has 0 atom stereocenters. The molecule has 1 aliphatic rings. The number of hydrogen-bond acceptors (Lipinski definition) is 5. The number of hydrogen-bond donors (Lipinski definition) is 1. The first-order valence-corrected chi connectivity index (χ1v) is 4.98. The van der Waals surface area contributed by atoms with Crippen molar-refractivity contribution >= 4 is 0 Å². The quantitative estimate of drug-likeness (QED) is 0.765. The van der Waals surface area contributed by atoms with Crippen molar-refractivity contribution in [1.29, 1.82) is 0 Å². The summed E-state index contributed by atoms with van der Waals surface area (Å²) in [5.41, 5.74) is 6.57. The predicted molar refractivity (Wildman–Crippen MR) is 54.5 cm³/mol. The van der Waals surface area contributed by atoms with Crippen molar-refractivity contribution in [2.45, 2.75) is 18.4 Å². The summed E-state index contributed by atoms with van der Waals surface area (Å²) in [6, 6.07) is 0. The molecule has 0 spiro atoms. The van der Waals surface area contributed by atoms with Gasteiger partial charge in [-0.25, -0.2) is 4.98 Å². The molecular weight excluding hydrogens is 194 g/mol. The number of nitrogens with two attached hydrogens (primary N) is 1. The van der Waals surface area contributed by atoms with E-state index < -0.39 is 5.54 Å². The maximum absolute atomic E-state index is 6.29. The minimum absolute atomic E-state index is 0.460. The van der Waals surface area contributed by atoms with Gasteiger partial charge in [-0.05, 0) is 12.8 Å². The second-order valence-corrected chi connectivity index (χ2v) is 3.68. The highest BCUT2D eigenvalue weighted by atomic mass is 16.5.